The second-order valence-corrected chi connectivity index (χ2v) is 6.78. The van der Waals surface area contributed by atoms with Gasteiger partial charge in [0.05, 0.1) is 6.54 Å². The summed E-state index contributed by atoms with van der Waals surface area (Å²) >= 11 is 0. The van der Waals surface area contributed by atoms with E-state index < -0.39 is 18.4 Å². The van der Waals surface area contributed by atoms with E-state index in [1.165, 1.54) is 4.90 Å². The highest BCUT2D eigenvalue weighted by Crippen LogP contribution is 2.27. The molecule has 5 nitrogen and oxygen atoms in total. The van der Waals surface area contributed by atoms with Gasteiger partial charge in [0.15, 0.2) is 6.17 Å². The van der Waals surface area contributed by atoms with Crippen molar-refractivity contribution in [3.8, 4) is 5.75 Å². The van der Waals surface area contributed by atoms with Crippen LogP contribution in [0.1, 0.15) is 12.0 Å². The number of fused-ring (bicyclic) bond motifs is 1. The number of hydrogen-bond acceptors (Lipinski definition) is 4. The summed E-state index contributed by atoms with van der Waals surface area (Å²) in [6, 6.07) is 18.8. The number of rotatable bonds is 4. The van der Waals surface area contributed by atoms with Gasteiger partial charge in [-0.3, -0.25) is 4.98 Å². The monoisotopic (exact) mass is 380 g/mol. The molecular weight excluding hydrogens is 359 g/mol. The average molecular weight is 380 g/mol. The lowest BCUT2D eigenvalue weighted by Crippen LogP contribution is -2.49. The van der Waals surface area contributed by atoms with Crippen LogP contribution >= 0.6 is 0 Å². The van der Waals surface area contributed by atoms with Crippen molar-refractivity contribution in [1.29, 1.82) is 0 Å². The van der Waals surface area contributed by atoms with Crippen molar-refractivity contribution in [2.75, 3.05) is 13.1 Å². The molecule has 28 heavy (non-hydrogen) atoms. The highest BCUT2D eigenvalue weighted by molar-refractivity contribution is 5.84. The predicted molar refractivity (Wildman–Crippen MR) is 104 cm³/mol. The van der Waals surface area contributed by atoms with Gasteiger partial charge >= 0.3 is 6.09 Å². The molecule has 1 aromatic heterocycles. The van der Waals surface area contributed by atoms with Gasteiger partial charge < -0.3 is 14.4 Å². The van der Waals surface area contributed by atoms with Gasteiger partial charge in [-0.25, -0.2) is 9.18 Å². The Hall–Kier alpha value is -3.15. The summed E-state index contributed by atoms with van der Waals surface area (Å²) in [5, 5.41) is 0.942. The topological polar surface area (TPSA) is 51.7 Å². The summed E-state index contributed by atoms with van der Waals surface area (Å²) in [5.41, 5.74) is 1.61. The fourth-order valence-corrected chi connectivity index (χ4v) is 3.33. The lowest BCUT2D eigenvalue weighted by molar-refractivity contribution is 0.0153. The normalized spacial score (nSPS) is 19.4. The highest BCUT2D eigenvalue weighted by atomic mass is 19.1. The summed E-state index contributed by atoms with van der Waals surface area (Å²) in [6.07, 6.45) is -0.335. The molecule has 1 aliphatic rings. The van der Waals surface area contributed by atoms with Crippen LogP contribution in [-0.2, 0) is 11.3 Å². The van der Waals surface area contributed by atoms with Crippen LogP contribution in [0.4, 0.5) is 9.18 Å². The first-order chi connectivity index (χ1) is 13.7. The van der Waals surface area contributed by atoms with E-state index in [1.807, 2.05) is 54.6 Å². The van der Waals surface area contributed by atoms with Crippen LogP contribution in [0.3, 0.4) is 0 Å². The minimum absolute atomic E-state index is 0.0452. The third kappa shape index (κ3) is 4.06. The fraction of sp³-hybridized carbons (Fsp3) is 0.273. The standard InChI is InChI=1S/C22H21FN2O3/c23-18-14-25(22(26)27-15-16-6-2-1-3-7-16)13-11-19(18)28-20-10-4-8-17-9-5-12-24-21(17)20/h1-10,12,18-19H,11,13-15H2/t18-,19-/m0/s1. The van der Waals surface area contributed by atoms with Gasteiger partial charge in [-0.15, -0.1) is 0 Å². The summed E-state index contributed by atoms with van der Waals surface area (Å²) in [5.74, 6) is 0.561. The van der Waals surface area contributed by atoms with Crippen molar-refractivity contribution < 1.29 is 18.7 Å². The van der Waals surface area contributed by atoms with Crippen molar-refractivity contribution in [1.82, 2.24) is 9.88 Å². The zero-order valence-corrected chi connectivity index (χ0v) is 15.3. The number of benzene rings is 2. The number of nitrogens with zero attached hydrogens (tertiary/aromatic N) is 2. The minimum atomic E-state index is -1.29. The molecule has 0 spiro atoms. The second-order valence-electron chi connectivity index (χ2n) is 6.78. The molecule has 0 unspecified atom stereocenters. The van der Waals surface area contributed by atoms with E-state index in [1.54, 1.807) is 12.3 Å². The maximum atomic E-state index is 14.7. The molecule has 0 radical (unpaired) electrons. The van der Waals surface area contributed by atoms with E-state index in [2.05, 4.69) is 4.98 Å². The summed E-state index contributed by atoms with van der Waals surface area (Å²) < 4.78 is 25.9. The van der Waals surface area contributed by atoms with Gasteiger partial charge in [0.25, 0.3) is 0 Å². The SMILES string of the molecule is O=C(OCc1ccccc1)N1CC[C@H](Oc2cccc3cccnc23)[C@@H](F)C1. The Morgan fingerprint density at radius 3 is 2.75 bits per heavy atom. The number of piperidine rings is 1. The third-order valence-corrected chi connectivity index (χ3v) is 4.82. The fourth-order valence-electron chi connectivity index (χ4n) is 3.33. The molecule has 0 aliphatic carbocycles. The number of aromatic nitrogens is 1. The van der Waals surface area contributed by atoms with Crippen molar-refractivity contribution in [3.63, 3.8) is 0 Å². The number of carbonyl (C=O) groups excluding carboxylic acids is 1. The molecule has 1 amide bonds. The van der Waals surface area contributed by atoms with E-state index in [0.717, 1.165) is 10.9 Å². The summed E-state index contributed by atoms with van der Waals surface area (Å²) in [6.45, 7) is 0.516. The van der Waals surface area contributed by atoms with Crippen molar-refractivity contribution in [3.05, 3.63) is 72.4 Å². The van der Waals surface area contributed by atoms with E-state index in [9.17, 15) is 9.18 Å². The van der Waals surface area contributed by atoms with Crippen LogP contribution in [-0.4, -0.2) is 41.3 Å². The van der Waals surface area contributed by atoms with Crippen LogP contribution in [0.15, 0.2) is 66.9 Å². The maximum Gasteiger partial charge on any atom is 0.410 e. The molecule has 0 N–H and O–H groups in total. The van der Waals surface area contributed by atoms with Crippen LogP contribution in [0.2, 0.25) is 0 Å². The molecule has 2 atom stereocenters. The highest BCUT2D eigenvalue weighted by Gasteiger charge is 2.34. The molecule has 0 saturated carbocycles. The number of ether oxygens (including phenoxy) is 2. The number of halogens is 1. The molecule has 2 heterocycles. The minimum Gasteiger partial charge on any atom is -0.485 e. The van der Waals surface area contributed by atoms with Gasteiger partial charge in [0.2, 0.25) is 0 Å². The average Bonchev–Trinajstić information content (AvgIpc) is 2.74. The third-order valence-electron chi connectivity index (χ3n) is 4.82. The van der Waals surface area contributed by atoms with Gasteiger partial charge in [0.1, 0.15) is 24.0 Å². The van der Waals surface area contributed by atoms with Crippen molar-refractivity contribution in [2.24, 2.45) is 0 Å². The predicted octanol–water partition coefficient (Wildman–Crippen LogP) is 4.36. The number of amides is 1. The van der Waals surface area contributed by atoms with Gasteiger partial charge in [-0.1, -0.05) is 48.5 Å². The van der Waals surface area contributed by atoms with E-state index >= 15 is 0 Å². The molecule has 6 heteroatoms. The van der Waals surface area contributed by atoms with Crippen LogP contribution in [0.25, 0.3) is 10.9 Å². The Morgan fingerprint density at radius 1 is 1.11 bits per heavy atom. The molecule has 0 bridgehead atoms. The maximum absolute atomic E-state index is 14.7. The van der Waals surface area contributed by atoms with Crippen molar-refractivity contribution in [2.45, 2.75) is 25.3 Å². The van der Waals surface area contributed by atoms with E-state index in [0.29, 0.717) is 24.2 Å². The lowest BCUT2D eigenvalue weighted by atomic mass is 10.1. The Morgan fingerprint density at radius 2 is 1.93 bits per heavy atom. The molecule has 1 aliphatic heterocycles. The van der Waals surface area contributed by atoms with Gasteiger partial charge in [-0.05, 0) is 17.7 Å². The van der Waals surface area contributed by atoms with Crippen LogP contribution < -0.4 is 4.74 Å². The van der Waals surface area contributed by atoms with E-state index in [-0.39, 0.29) is 13.2 Å². The summed E-state index contributed by atoms with van der Waals surface area (Å²) in [7, 11) is 0. The number of carbonyl (C=O) groups is 1. The number of alkyl halides is 1. The van der Waals surface area contributed by atoms with Crippen molar-refractivity contribution >= 4 is 17.0 Å². The molecule has 2 aromatic carbocycles. The zero-order valence-electron chi connectivity index (χ0n) is 15.3. The number of pyridine rings is 1. The first-order valence-corrected chi connectivity index (χ1v) is 9.31. The molecule has 1 fully saturated rings. The molecule has 1 saturated heterocycles. The Labute approximate surface area is 162 Å². The molecule has 3 aromatic rings. The largest absolute Gasteiger partial charge is 0.485 e. The first-order valence-electron chi connectivity index (χ1n) is 9.31. The molecule has 4 rings (SSSR count). The second kappa shape index (κ2) is 8.25. The Kier molecular flexibility index (Phi) is 5.37. The molecule has 144 valence electrons. The smallest absolute Gasteiger partial charge is 0.410 e. The molecular formula is C22H21FN2O3. The Balaban J connectivity index is 1.35. The number of para-hydroxylation sites is 1. The first kappa shape index (κ1) is 18.2. The number of hydrogen-bond donors (Lipinski definition) is 0. The van der Waals surface area contributed by atoms with Crippen LogP contribution in [0.5, 0.6) is 5.75 Å². The number of likely N-dealkylation sites (tertiary alicyclic amines) is 1. The zero-order chi connectivity index (χ0) is 19.3. The lowest BCUT2D eigenvalue weighted by Gasteiger charge is -2.34. The van der Waals surface area contributed by atoms with Gasteiger partial charge in [0, 0.05) is 24.5 Å². The quantitative estimate of drug-likeness (QED) is 0.675. The summed E-state index contributed by atoms with van der Waals surface area (Å²) in [4.78, 5) is 18.0. The van der Waals surface area contributed by atoms with Gasteiger partial charge in [-0.2, -0.15) is 0 Å². The Bertz CT molecular complexity index is 945. The van der Waals surface area contributed by atoms with E-state index in [4.69, 9.17) is 9.47 Å². The van der Waals surface area contributed by atoms with Crippen LogP contribution in [0, 0.1) is 0 Å².